The minimum absolute atomic E-state index is 0.338. The Bertz CT molecular complexity index is 409. The lowest BCUT2D eigenvalue weighted by molar-refractivity contribution is 0.00578. The summed E-state index contributed by atoms with van der Waals surface area (Å²) in [6.45, 7) is 10.1. The molecule has 100 valence electrons. The van der Waals surface area contributed by atoms with Crippen molar-refractivity contribution < 1.29 is 9.31 Å². The van der Waals surface area contributed by atoms with Crippen molar-refractivity contribution in [2.45, 2.75) is 57.1 Å². The van der Waals surface area contributed by atoms with Gasteiger partial charge >= 0.3 is 7.12 Å². The molecule has 1 atom stereocenters. The summed E-state index contributed by atoms with van der Waals surface area (Å²) < 4.78 is 12.0. The maximum Gasteiger partial charge on any atom is 0.490 e. The fourth-order valence-electron chi connectivity index (χ4n) is 2.15. The van der Waals surface area contributed by atoms with E-state index in [2.05, 4.69) is 0 Å². The molecule has 0 spiro atoms. The maximum absolute atomic E-state index is 6.37. The van der Waals surface area contributed by atoms with Gasteiger partial charge in [0.2, 0.25) is 0 Å². The van der Waals surface area contributed by atoms with Crippen molar-refractivity contribution in [1.82, 2.24) is 0 Å². The number of rotatable bonds is 1. The highest BCUT2D eigenvalue weighted by atomic mass is 35.5. The largest absolute Gasteiger partial charge is 0.490 e. The van der Waals surface area contributed by atoms with E-state index in [1.807, 2.05) is 46.8 Å². The van der Waals surface area contributed by atoms with E-state index in [-0.39, 0.29) is 18.3 Å². The van der Waals surface area contributed by atoms with Crippen LogP contribution in [0.3, 0.4) is 0 Å². The zero-order valence-corrected chi connectivity index (χ0v) is 13.0. The molecule has 0 aromatic rings. The minimum atomic E-state index is -0.467. The van der Waals surface area contributed by atoms with Crippen LogP contribution in [0.1, 0.15) is 41.0 Å². The van der Waals surface area contributed by atoms with E-state index in [0.717, 1.165) is 5.47 Å². The molecule has 1 saturated heterocycles. The van der Waals surface area contributed by atoms with Crippen LogP contribution in [-0.4, -0.2) is 23.2 Å². The zero-order valence-electron chi connectivity index (χ0n) is 11.5. The third kappa shape index (κ3) is 2.65. The quantitative estimate of drug-likeness (QED) is 0.535. The first-order valence-corrected chi connectivity index (χ1v) is 6.91. The molecule has 1 aliphatic carbocycles. The molecule has 0 saturated carbocycles. The van der Waals surface area contributed by atoms with Gasteiger partial charge in [-0.3, -0.25) is 0 Å². The van der Waals surface area contributed by atoms with E-state index >= 15 is 0 Å². The van der Waals surface area contributed by atoms with E-state index in [1.54, 1.807) is 0 Å². The van der Waals surface area contributed by atoms with Crippen LogP contribution in [0.15, 0.2) is 22.7 Å². The Balaban J connectivity index is 2.24. The first kappa shape index (κ1) is 14.5. The van der Waals surface area contributed by atoms with Crippen LogP contribution in [0.5, 0.6) is 0 Å². The lowest BCUT2D eigenvalue weighted by Gasteiger charge is -2.32. The van der Waals surface area contributed by atoms with E-state index in [1.165, 1.54) is 0 Å². The van der Waals surface area contributed by atoms with Gasteiger partial charge in [-0.15, -0.1) is 11.6 Å². The Morgan fingerprint density at radius 3 is 2.06 bits per heavy atom. The van der Waals surface area contributed by atoms with Gasteiger partial charge in [0.1, 0.15) is 0 Å². The molecule has 0 bridgehead atoms. The summed E-state index contributed by atoms with van der Waals surface area (Å²) in [6.07, 6.45) is 4.43. The van der Waals surface area contributed by atoms with Crippen molar-refractivity contribution in [3.8, 4) is 0 Å². The predicted molar refractivity (Wildman–Crippen MR) is 77.0 cm³/mol. The molecule has 0 N–H and O–H groups in total. The molecule has 5 heteroatoms. The minimum Gasteiger partial charge on any atom is -0.400 e. The smallest absolute Gasteiger partial charge is 0.400 e. The average molecular weight is 289 g/mol. The summed E-state index contributed by atoms with van der Waals surface area (Å²) in [5, 5.41) is 0.642. The van der Waals surface area contributed by atoms with Crippen molar-refractivity contribution in [1.29, 1.82) is 0 Å². The molecule has 18 heavy (non-hydrogen) atoms. The predicted octanol–water partition coefficient (Wildman–Crippen LogP) is 4.07. The monoisotopic (exact) mass is 288 g/mol. The average Bonchev–Trinajstić information content (AvgIpc) is 2.32. The molecule has 0 radical (unpaired) electrons. The zero-order chi connectivity index (χ0) is 13.8. The van der Waals surface area contributed by atoms with Crippen LogP contribution in [0.4, 0.5) is 0 Å². The fraction of sp³-hybridized carbons (Fsp3) is 0.692. The number of hydrogen-bond acceptors (Lipinski definition) is 2. The van der Waals surface area contributed by atoms with Crippen molar-refractivity contribution in [3.05, 3.63) is 22.7 Å². The molecule has 1 fully saturated rings. The summed E-state index contributed by atoms with van der Waals surface area (Å²) in [7, 11) is -0.365. The molecular weight excluding hydrogens is 270 g/mol. The van der Waals surface area contributed by atoms with Crippen molar-refractivity contribution in [3.63, 3.8) is 0 Å². The molecule has 2 nitrogen and oxygen atoms in total. The van der Waals surface area contributed by atoms with Crippen LogP contribution in [0.2, 0.25) is 0 Å². The number of allylic oxidation sites excluding steroid dienone is 4. The molecular formula is C13H19BCl2O2. The van der Waals surface area contributed by atoms with Gasteiger partial charge in [0, 0.05) is 5.03 Å². The van der Waals surface area contributed by atoms with E-state index < -0.39 is 4.87 Å². The Morgan fingerprint density at radius 2 is 1.61 bits per heavy atom. The summed E-state index contributed by atoms with van der Waals surface area (Å²) in [6, 6.07) is 0. The van der Waals surface area contributed by atoms with E-state index in [9.17, 15) is 0 Å². The highest BCUT2D eigenvalue weighted by molar-refractivity contribution is 6.55. The summed E-state index contributed by atoms with van der Waals surface area (Å²) >= 11 is 12.5. The highest BCUT2D eigenvalue weighted by Gasteiger charge is 2.53. The van der Waals surface area contributed by atoms with Gasteiger partial charge in [-0.1, -0.05) is 11.6 Å². The van der Waals surface area contributed by atoms with Crippen LogP contribution in [0, 0.1) is 0 Å². The second kappa shape index (κ2) is 4.27. The third-order valence-electron chi connectivity index (χ3n) is 3.87. The van der Waals surface area contributed by atoms with Crippen molar-refractivity contribution in [2.24, 2.45) is 0 Å². The lowest BCUT2D eigenvalue weighted by Crippen LogP contribution is -2.41. The fourth-order valence-corrected chi connectivity index (χ4v) is 2.86. The van der Waals surface area contributed by atoms with Gasteiger partial charge in [-0.2, -0.15) is 0 Å². The Hall–Kier alpha value is 0.0449. The lowest BCUT2D eigenvalue weighted by atomic mass is 9.71. The second-order valence-electron chi connectivity index (χ2n) is 6.29. The Morgan fingerprint density at radius 1 is 1.11 bits per heavy atom. The Kier molecular flexibility index (Phi) is 3.43. The summed E-state index contributed by atoms with van der Waals surface area (Å²) in [5.74, 6) is 0. The van der Waals surface area contributed by atoms with Crippen LogP contribution in [0.25, 0.3) is 0 Å². The Labute approximate surface area is 119 Å². The number of hydrogen-bond donors (Lipinski definition) is 0. The number of halogens is 2. The van der Waals surface area contributed by atoms with Gasteiger partial charge in [-0.25, -0.2) is 0 Å². The van der Waals surface area contributed by atoms with Crippen LogP contribution < -0.4 is 0 Å². The normalized spacial score (nSPS) is 34.3. The molecule has 2 aliphatic rings. The van der Waals surface area contributed by atoms with Crippen molar-refractivity contribution in [2.75, 3.05) is 0 Å². The molecule has 1 heterocycles. The standard InChI is InChI=1S/C13H19BCl2O2/c1-11(2)12(3,4)18-14(17-11)9-6-10(15)8-13(5,16)7-9/h6,8H,7H2,1-5H3. The SMILES string of the molecule is CC1(Cl)C=C(Cl)C=C(B2OC(C)(C)C(C)(C)O2)C1. The van der Waals surface area contributed by atoms with Gasteiger partial charge < -0.3 is 9.31 Å². The topological polar surface area (TPSA) is 18.5 Å². The number of alkyl halides is 1. The summed E-state index contributed by atoms with van der Waals surface area (Å²) in [5.41, 5.74) is 0.322. The first-order chi connectivity index (χ1) is 8.02. The molecule has 0 aromatic carbocycles. The van der Waals surface area contributed by atoms with Gasteiger partial charge in [-0.05, 0) is 58.7 Å². The molecule has 1 unspecified atom stereocenters. The first-order valence-electron chi connectivity index (χ1n) is 6.16. The van der Waals surface area contributed by atoms with Gasteiger partial charge in [0.05, 0.1) is 16.1 Å². The second-order valence-corrected chi connectivity index (χ2v) is 7.59. The molecule has 0 amide bonds. The highest BCUT2D eigenvalue weighted by Crippen LogP contribution is 2.42. The molecule has 2 rings (SSSR count). The van der Waals surface area contributed by atoms with Crippen LogP contribution >= 0.6 is 23.2 Å². The van der Waals surface area contributed by atoms with Crippen LogP contribution in [-0.2, 0) is 9.31 Å². The van der Waals surface area contributed by atoms with Gasteiger partial charge in [0.25, 0.3) is 0 Å². The van der Waals surface area contributed by atoms with Crippen molar-refractivity contribution >= 4 is 30.3 Å². The summed E-state index contributed by atoms with van der Waals surface area (Å²) in [4.78, 5) is -0.467. The van der Waals surface area contributed by atoms with Gasteiger partial charge in [0.15, 0.2) is 0 Å². The maximum atomic E-state index is 6.37. The van der Waals surface area contributed by atoms with E-state index in [4.69, 9.17) is 32.5 Å². The third-order valence-corrected chi connectivity index (χ3v) is 4.33. The van der Waals surface area contributed by atoms with E-state index in [0.29, 0.717) is 11.5 Å². The molecule has 1 aliphatic heterocycles. The molecule has 0 aromatic heterocycles.